The van der Waals surface area contributed by atoms with Gasteiger partial charge in [0.25, 0.3) is 0 Å². The van der Waals surface area contributed by atoms with Gasteiger partial charge in [-0.3, -0.25) is 0 Å². The summed E-state index contributed by atoms with van der Waals surface area (Å²) in [5.74, 6) is 2.16. The van der Waals surface area contributed by atoms with Crippen LogP contribution in [0, 0.1) is 0 Å². The van der Waals surface area contributed by atoms with E-state index >= 15 is 0 Å². The maximum Gasteiger partial charge on any atom is 0.230 e. The van der Waals surface area contributed by atoms with Crippen molar-refractivity contribution in [3.8, 4) is 23.1 Å². The summed E-state index contributed by atoms with van der Waals surface area (Å²) in [6, 6.07) is 8.94. The fourth-order valence-electron chi connectivity index (χ4n) is 2.31. The van der Waals surface area contributed by atoms with Crippen LogP contribution in [0.3, 0.4) is 0 Å². The Morgan fingerprint density at radius 3 is 2.42 bits per heavy atom. The van der Waals surface area contributed by atoms with Crippen LogP contribution >= 0.6 is 11.6 Å². The van der Waals surface area contributed by atoms with Gasteiger partial charge in [-0.2, -0.15) is 0 Å². The van der Waals surface area contributed by atoms with Gasteiger partial charge in [-0.25, -0.2) is 9.97 Å². The molecule has 3 rings (SSSR count). The average molecular weight is 346 g/mol. The molecule has 0 radical (unpaired) electrons. The fourth-order valence-corrected chi connectivity index (χ4v) is 2.58. The number of anilines is 1. The molecular weight excluding hydrogens is 330 g/mol. The van der Waals surface area contributed by atoms with Crippen LogP contribution in [-0.4, -0.2) is 31.2 Å². The number of nitrogens with zero attached hydrogens (tertiary/aromatic N) is 2. The number of hydrogen-bond acceptors (Lipinski definition) is 6. The highest BCUT2D eigenvalue weighted by molar-refractivity contribution is 6.33. The maximum atomic E-state index is 6.19. The lowest BCUT2D eigenvalue weighted by Crippen LogP contribution is -1.95. The first-order valence-electron chi connectivity index (χ1n) is 7.18. The number of methoxy groups -OCH3 is 2. The van der Waals surface area contributed by atoms with Gasteiger partial charge in [-0.15, -0.1) is 0 Å². The van der Waals surface area contributed by atoms with E-state index in [0.29, 0.717) is 39.1 Å². The molecule has 0 spiro atoms. The van der Waals surface area contributed by atoms with E-state index in [1.807, 2.05) is 12.1 Å². The molecule has 0 aliphatic heterocycles. The lowest BCUT2D eigenvalue weighted by atomic mass is 10.2. The average Bonchev–Trinajstić information content (AvgIpc) is 2.61. The van der Waals surface area contributed by atoms with E-state index < -0.39 is 0 Å². The third kappa shape index (κ3) is 3.00. The number of rotatable bonds is 5. The van der Waals surface area contributed by atoms with Crippen molar-refractivity contribution < 1.29 is 14.2 Å². The molecule has 0 amide bonds. The zero-order valence-corrected chi connectivity index (χ0v) is 14.2. The largest absolute Gasteiger partial charge is 0.493 e. The molecule has 0 unspecified atom stereocenters. The standard InChI is InChI=1S/C17H16ClN3O3/c1-19-13-5-4-10(6-12(13)18)24-17-11-7-15(22-2)16(23-3)8-14(11)20-9-21-17/h4-9,19H,1-3H3. The van der Waals surface area contributed by atoms with Crippen molar-refractivity contribution in [1.82, 2.24) is 9.97 Å². The molecule has 1 aromatic heterocycles. The van der Waals surface area contributed by atoms with E-state index in [9.17, 15) is 0 Å². The summed E-state index contributed by atoms with van der Waals surface area (Å²) in [4.78, 5) is 8.47. The highest BCUT2D eigenvalue weighted by Gasteiger charge is 2.13. The summed E-state index contributed by atoms with van der Waals surface area (Å²) < 4.78 is 16.5. The third-order valence-corrected chi connectivity index (χ3v) is 3.84. The molecule has 0 aliphatic rings. The number of aromatic nitrogens is 2. The number of fused-ring (bicyclic) bond motifs is 1. The normalized spacial score (nSPS) is 10.5. The summed E-state index contributed by atoms with van der Waals surface area (Å²) >= 11 is 6.19. The van der Waals surface area contributed by atoms with Crippen molar-refractivity contribution in [2.45, 2.75) is 0 Å². The summed E-state index contributed by atoms with van der Waals surface area (Å²) in [5, 5.41) is 4.27. The van der Waals surface area contributed by atoms with E-state index in [2.05, 4.69) is 15.3 Å². The first kappa shape index (κ1) is 16.1. The Morgan fingerprint density at radius 1 is 1.00 bits per heavy atom. The van der Waals surface area contributed by atoms with Crippen LogP contribution in [0.5, 0.6) is 23.1 Å². The van der Waals surface area contributed by atoms with Gasteiger partial charge >= 0.3 is 0 Å². The Morgan fingerprint density at radius 2 is 1.75 bits per heavy atom. The molecule has 0 atom stereocenters. The predicted molar refractivity (Wildman–Crippen MR) is 93.7 cm³/mol. The molecule has 6 nitrogen and oxygen atoms in total. The Hall–Kier alpha value is -2.73. The molecule has 0 saturated heterocycles. The third-order valence-electron chi connectivity index (χ3n) is 3.53. The van der Waals surface area contributed by atoms with Gasteiger partial charge in [0, 0.05) is 19.2 Å². The van der Waals surface area contributed by atoms with Gasteiger partial charge in [0.1, 0.15) is 12.1 Å². The molecule has 1 N–H and O–H groups in total. The Bertz CT molecular complexity index is 886. The number of benzene rings is 2. The summed E-state index contributed by atoms with van der Waals surface area (Å²) in [7, 11) is 4.96. The predicted octanol–water partition coefficient (Wildman–Crippen LogP) is 4.13. The van der Waals surface area contributed by atoms with Crippen LogP contribution in [0.25, 0.3) is 10.9 Å². The first-order chi connectivity index (χ1) is 11.7. The van der Waals surface area contributed by atoms with Crippen LogP contribution in [0.15, 0.2) is 36.7 Å². The van der Waals surface area contributed by atoms with Gasteiger partial charge < -0.3 is 19.5 Å². The Balaban J connectivity index is 2.04. The second-order valence-electron chi connectivity index (χ2n) is 4.90. The SMILES string of the molecule is CNc1ccc(Oc2ncnc3cc(OC)c(OC)cc23)cc1Cl. The molecule has 24 heavy (non-hydrogen) atoms. The van der Waals surface area contributed by atoms with E-state index in [1.165, 1.54) is 6.33 Å². The van der Waals surface area contributed by atoms with Crippen molar-refractivity contribution in [2.75, 3.05) is 26.6 Å². The summed E-state index contributed by atoms with van der Waals surface area (Å²) in [5.41, 5.74) is 1.51. The lowest BCUT2D eigenvalue weighted by molar-refractivity contribution is 0.355. The Labute approximate surface area is 144 Å². The molecular formula is C17H16ClN3O3. The van der Waals surface area contributed by atoms with E-state index in [1.54, 1.807) is 39.5 Å². The second kappa shape index (κ2) is 6.80. The molecule has 2 aromatic carbocycles. The minimum absolute atomic E-state index is 0.411. The number of nitrogens with one attached hydrogen (secondary N) is 1. The topological polar surface area (TPSA) is 65.5 Å². The van der Waals surface area contributed by atoms with Crippen LogP contribution in [0.1, 0.15) is 0 Å². The Kier molecular flexibility index (Phi) is 4.57. The number of ether oxygens (including phenoxy) is 3. The van der Waals surface area contributed by atoms with E-state index in [-0.39, 0.29) is 0 Å². The molecule has 0 saturated carbocycles. The molecule has 7 heteroatoms. The second-order valence-corrected chi connectivity index (χ2v) is 5.30. The zero-order valence-electron chi connectivity index (χ0n) is 13.5. The highest BCUT2D eigenvalue weighted by atomic mass is 35.5. The van der Waals surface area contributed by atoms with Gasteiger partial charge in [0.15, 0.2) is 11.5 Å². The van der Waals surface area contributed by atoms with Crippen molar-refractivity contribution in [3.05, 3.63) is 41.7 Å². The summed E-state index contributed by atoms with van der Waals surface area (Å²) in [6.07, 6.45) is 1.44. The van der Waals surface area contributed by atoms with Crippen LogP contribution < -0.4 is 19.5 Å². The number of hydrogen-bond donors (Lipinski definition) is 1. The quantitative estimate of drug-likeness (QED) is 0.750. The van der Waals surface area contributed by atoms with Crippen molar-refractivity contribution in [3.63, 3.8) is 0 Å². The summed E-state index contributed by atoms with van der Waals surface area (Å²) in [6.45, 7) is 0. The van der Waals surface area contributed by atoms with Crippen molar-refractivity contribution in [2.24, 2.45) is 0 Å². The number of halogens is 1. The molecule has 0 aliphatic carbocycles. The molecule has 3 aromatic rings. The van der Waals surface area contributed by atoms with Gasteiger partial charge in [0.05, 0.1) is 35.8 Å². The highest BCUT2D eigenvalue weighted by Crippen LogP contribution is 2.36. The van der Waals surface area contributed by atoms with Crippen molar-refractivity contribution >= 4 is 28.2 Å². The van der Waals surface area contributed by atoms with E-state index in [4.69, 9.17) is 25.8 Å². The smallest absolute Gasteiger partial charge is 0.230 e. The minimum atomic E-state index is 0.411. The fraction of sp³-hybridized carbons (Fsp3) is 0.176. The molecule has 1 heterocycles. The maximum absolute atomic E-state index is 6.19. The molecule has 0 bridgehead atoms. The van der Waals surface area contributed by atoms with Gasteiger partial charge in [-0.05, 0) is 18.2 Å². The van der Waals surface area contributed by atoms with Crippen molar-refractivity contribution in [1.29, 1.82) is 0 Å². The van der Waals surface area contributed by atoms with Crippen LogP contribution in [0.2, 0.25) is 5.02 Å². The lowest BCUT2D eigenvalue weighted by Gasteiger charge is -2.12. The van der Waals surface area contributed by atoms with Gasteiger partial charge in [-0.1, -0.05) is 11.6 Å². The monoisotopic (exact) mass is 345 g/mol. The van der Waals surface area contributed by atoms with E-state index in [0.717, 1.165) is 5.69 Å². The first-order valence-corrected chi connectivity index (χ1v) is 7.56. The van der Waals surface area contributed by atoms with Crippen LogP contribution in [0.4, 0.5) is 5.69 Å². The molecule has 124 valence electrons. The van der Waals surface area contributed by atoms with Gasteiger partial charge in [0.2, 0.25) is 5.88 Å². The zero-order chi connectivity index (χ0) is 17.1. The molecule has 0 fully saturated rings. The van der Waals surface area contributed by atoms with Crippen LogP contribution in [-0.2, 0) is 0 Å². The minimum Gasteiger partial charge on any atom is -0.493 e.